The van der Waals surface area contributed by atoms with Gasteiger partial charge in [0.1, 0.15) is 11.7 Å². The summed E-state index contributed by atoms with van der Waals surface area (Å²) in [7, 11) is 5.92. The van der Waals surface area contributed by atoms with E-state index in [-0.39, 0.29) is 6.10 Å². The molecule has 0 saturated carbocycles. The molecule has 1 aliphatic heterocycles. The second kappa shape index (κ2) is 10.6. The lowest BCUT2D eigenvalue weighted by atomic mass is 9.92. The first kappa shape index (κ1) is 21.8. The fourth-order valence-electron chi connectivity index (χ4n) is 2.44. The van der Waals surface area contributed by atoms with E-state index in [2.05, 4.69) is 32.1 Å². The molecule has 4 nitrogen and oxygen atoms in total. The third-order valence-corrected chi connectivity index (χ3v) is 4.57. The lowest BCUT2D eigenvalue weighted by Gasteiger charge is -2.11. The SMILES string of the molecule is CC=NC.CN.NCC1(c2ccc(P)cc2)OC1c1ccccc1Cl. The van der Waals surface area contributed by atoms with Gasteiger partial charge in [0.25, 0.3) is 0 Å². The molecule has 0 aliphatic carbocycles. The van der Waals surface area contributed by atoms with E-state index in [0.717, 1.165) is 21.5 Å². The van der Waals surface area contributed by atoms with Crippen LogP contribution in [0.3, 0.4) is 0 Å². The van der Waals surface area contributed by atoms with E-state index in [0.29, 0.717) is 6.54 Å². The van der Waals surface area contributed by atoms with E-state index in [9.17, 15) is 0 Å². The molecule has 0 bridgehead atoms. The summed E-state index contributed by atoms with van der Waals surface area (Å²) in [5.41, 5.74) is 12.1. The highest BCUT2D eigenvalue weighted by molar-refractivity contribution is 7.27. The molecule has 3 atom stereocenters. The first-order chi connectivity index (χ1) is 12.1. The van der Waals surface area contributed by atoms with Gasteiger partial charge in [-0.2, -0.15) is 0 Å². The van der Waals surface area contributed by atoms with Crippen molar-refractivity contribution in [1.29, 1.82) is 0 Å². The quantitative estimate of drug-likeness (QED) is 0.489. The molecule has 0 spiro atoms. The van der Waals surface area contributed by atoms with Gasteiger partial charge >= 0.3 is 0 Å². The molecule has 2 aromatic rings. The highest BCUT2D eigenvalue weighted by atomic mass is 35.5. The van der Waals surface area contributed by atoms with Crippen molar-refractivity contribution in [2.45, 2.75) is 18.6 Å². The Morgan fingerprint density at radius 2 is 1.76 bits per heavy atom. The minimum atomic E-state index is -0.427. The van der Waals surface area contributed by atoms with Gasteiger partial charge in [-0.15, -0.1) is 9.24 Å². The molecule has 1 heterocycles. The van der Waals surface area contributed by atoms with Crippen molar-refractivity contribution in [3.63, 3.8) is 0 Å². The van der Waals surface area contributed by atoms with E-state index >= 15 is 0 Å². The Hall–Kier alpha value is -1.29. The van der Waals surface area contributed by atoms with Crippen LogP contribution >= 0.6 is 20.8 Å². The highest BCUT2D eigenvalue weighted by Gasteiger charge is 2.58. The predicted molar refractivity (Wildman–Crippen MR) is 112 cm³/mol. The Bertz CT molecular complexity index is 675. The van der Waals surface area contributed by atoms with Gasteiger partial charge in [-0.25, -0.2) is 0 Å². The lowest BCUT2D eigenvalue weighted by Crippen LogP contribution is -2.22. The van der Waals surface area contributed by atoms with E-state index < -0.39 is 5.60 Å². The number of hydrogen-bond donors (Lipinski definition) is 2. The molecule has 0 amide bonds. The third kappa shape index (κ3) is 5.34. The van der Waals surface area contributed by atoms with Crippen molar-refractivity contribution in [2.24, 2.45) is 16.5 Å². The molecular formula is C19H27ClN3OP. The third-order valence-electron chi connectivity index (χ3n) is 3.84. The molecule has 3 rings (SSSR count). The van der Waals surface area contributed by atoms with Gasteiger partial charge < -0.3 is 21.2 Å². The van der Waals surface area contributed by atoms with Gasteiger partial charge in [0.2, 0.25) is 0 Å². The normalized spacial score (nSPS) is 21.0. The maximum absolute atomic E-state index is 6.23. The van der Waals surface area contributed by atoms with Gasteiger partial charge in [-0.05, 0) is 37.1 Å². The van der Waals surface area contributed by atoms with Crippen molar-refractivity contribution < 1.29 is 4.74 Å². The van der Waals surface area contributed by atoms with Crippen LogP contribution in [0.25, 0.3) is 0 Å². The van der Waals surface area contributed by atoms with Gasteiger partial charge in [0.05, 0.1) is 0 Å². The summed E-state index contributed by atoms with van der Waals surface area (Å²) in [4.78, 5) is 3.61. The zero-order valence-corrected chi connectivity index (χ0v) is 16.9. The van der Waals surface area contributed by atoms with Crippen LogP contribution in [0.2, 0.25) is 5.02 Å². The Morgan fingerprint density at radius 1 is 1.20 bits per heavy atom. The minimum Gasteiger partial charge on any atom is -0.354 e. The number of ether oxygens (including phenoxy) is 1. The molecule has 136 valence electrons. The summed E-state index contributed by atoms with van der Waals surface area (Å²) in [5.74, 6) is 0. The van der Waals surface area contributed by atoms with Crippen LogP contribution < -0.4 is 16.8 Å². The van der Waals surface area contributed by atoms with E-state index in [1.54, 1.807) is 13.3 Å². The Morgan fingerprint density at radius 3 is 2.24 bits per heavy atom. The second-order valence-corrected chi connectivity index (χ2v) is 6.33. The molecule has 0 aromatic heterocycles. The van der Waals surface area contributed by atoms with Crippen LogP contribution in [0.15, 0.2) is 53.5 Å². The second-order valence-electron chi connectivity index (χ2n) is 5.25. The standard InChI is InChI=1S/C15H15ClNOP.C3H7N.CH5N/c16-13-4-2-1-3-12(13)14-15(9-17,18-14)10-5-7-11(19)8-6-10;1-3-4-2;1-2/h1-8,14H,9,17,19H2;3H,1-2H3;2H2,1H3. The summed E-state index contributed by atoms with van der Waals surface area (Å²) in [6.07, 6.45) is 1.70. The maximum atomic E-state index is 6.23. The maximum Gasteiger partial charge on any atom is 0.137 e. The molecule has 4 N–H and O–H groups in total. The molecule has 6 heteroatoms. The molecule has 25 heavy (non-hydrogen) atoms. The zero-order valence-electron chi connectivity index (χ0n) is 14.9. The predicted octanol–water partition coefficient (Wildman–Crippen LogP) is 3.05. The molecule has 0 radical (unpaired) electrons. The highest BCUT2D eigenvalue weighted by Crippen LogP contribution is 2.57. The molecule has 2 aromatic carbocycles. The van der Waals surface area contributed by atoms with Crippen LogP contribution in [0.1, 0.15) is 24.2 Å². The van der Waals surface area contributed by atoms with E-state index in [1.165, 1.54) is 7.05 Å². The molecule has 3 unspecified atom stereocenters. The van der Waals surface area contributed by atoms with Gasteiger partial charge in [-0.1, -0.05) is 54.1 Å². The first-order valence-electron chi connectivity index (χ1n) is 8.02. The van der Waals surface area contributed by atoms with Crippen molar-refractivity contribution in [1.82, 2.24) is 0 Å². The van der Waals surface area contributed by atoms with Crippen LogP contribution in [0, 0.1) is 0 Å². The number of nitrogens with zero attached hydrogens (tertiary/aromatic N) is 1. The average Bonchev–Trinajstić information content (AvgIpc) is 3.40. The van der Waals surface area contributed by atoms with E-state index in [1.807, 2.05) is 43.3 Å². The smallest absolute Gasteiger partial charge is 0.137 e. The topological polar surface area (TPSA) is 76.9 Å². The van der Waals surface area contributed by atoms with Crippen molar-refractivity contribution in [2.75, 3.05) is 20.6 Å². The van der Waals surface area contributed by atoms with Crippen LogP contribution in [-0.4, -0.2) is 26.9 Å². The first-order valence-corrected chi connectivity index (χ1v) is 8.97. The Kier molecular flexibility index (Phi) is 9.26. The van der Waals surface area contributed by atoms with Crippen LogP contribution in [0.5, 0.6) is 0 Å². The van der Waals surface area contributed by atoms with Crippen molar-refractivity contribution in [3.05, 3.63) is 64.7 Å². The Labute approximate surface area is 157 Å². The van der Waals surface area contributed by atoms with Crippen molar-refractivity contribution in [3.8, 4) is 0 Å². The minimum absolute atomic E-state index is 0.0541. The number of epoxide rings is 1. The summed E-state index contributed by atoms with van der Waals surface area (Å²) in [6.45, 7) is 2.33. The fourth-order valence-corrected chi connectivity index (χ4v) is 2.86. The number of nitrogens with two attached hydrogens (primary N) is 2. The summed E-state index contributed by atoms with van der Waals surface area (Å²) < 4.78 is 5.93. The van der Waals surface area contributed by atoms with Gasteiger partial charge in [-0.3, -0.25) is 0 Å². The summed E-state index contributed by atoms with van der Waals surface area (Å²) in [6, 6.07) is 16.0. The number of hydrogen-bond acceptors (Lipinski definition) is 4. The van der Waals surface area contributed by atoms with Crippen LogP contribution in [-0.2, 0) is 10.3 Å². The molecule has 1 fully saturated rings. The zero-order chi connectivity index (χ0) is 18.9. The Balaban J connectivity index is 0.000000461. The molecule has 1 aliphatic rings. The average molecular weight is 380 g/mol. The van der Waals surface area contributed by atoms with Crippen LogP contribution in [0.4, 0.5) is 0 Å². The molecular weight excluding hydrogens is 353 g/mol. The lowest BCUT2D eigenvalue weighted by molar-refractivity contribution is 0.301. The number of aliphatic imine (C=N–C) groups is 1. The fraction of sp³-hybridized carbons (Fsp3) is 0.316. The monoisotopic (exact) mass is 379 g/mol. The van der Waals surface area contributed by atoms with Crippen molar-refractivity contribution >= 4 is 32.4 Å². The van der Waals surface area contributed by atoms with Gasteiger partial charge in [0.15, 0.2) is 0 Å². The van der Waals surface area contributed by atoms with Gasteiger partial charge in [0, 0.05) is 24.2 Å². The molecule has 1 saturated heterocycles. The number of benzene rings is 2. The number of halogens is 1. The van der Waals surface area contributed by atoms with E-state index in [4.69, 9.17) is 22.1 Å². The summed E-state index contributed by atoms with van der Waals surface area (Å²) in [5, 5.41) is 1.87. The summed E-state index contributed by atoms with van der Waals surface area (Å²) >= 11 is 6.23. The largest absolute Gasteiger partial charge is 0.354 e. The number of rotatable bonds is 3.